The molecule has 0 spiro atoms. The van der Waals surface area contributed by atoms with Crippen LogP contribution in [0.3, 0.4) is 0 Å². The highest BCUT2D eigenvalue weighted by atomic mass is 16.1. The molecule has 11 heavy (non-hydrogen) atoms. The lowest BCUT2D eigenvalue weighted by molar-refractivity contribution is -0.123. The molecule has 0 aromatic heterocycles. The minimum absolute atomic E-state index is 0.0638. The standard InChI is InChI=1S/C9H15NO/c1-4-5-6-8(7(2)3)9(10)11/h1,7-8H,5-6H2,2-3H3,(H2,10,11). The monoisotopic (exact) mass is 153 g/mol. The molecule has 0 aromatic carbocycles. The van der Waals surface area contributed by atoms with Gasteiger partial charge in [-0.05, 0) is 12.3 Å². The first-order valence-corrected chi connectivity index (χ1v) is 3.82. The Kier molecular flexibility index (Phi) is 4.36. The number of rotatable bonds is 4. The fourth-order valence-corrected chi connectivity index (χ4v) is 1.04. The first-order chi connectivity index (χ1) is 5.09. The van der Waals surface area contributed by atoms with Crippen molar-refractivity contribution in [3.8, 4) is 12.3 Å². The molecule has 0 aromatic rings. The lowest BCUT2D eigenvalue weighted by atomic mass is 9.91. The molecule has 0 saturated heterocycles. The average Bonchev–Trinajstić information content (AvgIpc) is 1.87. The maximum absolute atomic E-state index is 10.8. The highest BCUT2D eigenvalue weighted by molar-refractivity contribution is 5.76. The van der Waals surface area contributed by atoms with Crippen LogP contribution in [0.4, 0.5) is 0 Å². The summed E-state index contributed by atoms with van der Waals surface area (Å²) in [6.45, 7) is 3.96. The highest BCUT2D eigenvalue weighted by Crippen LogP contribution is 2.15. The molecule has 1 amide bonds. The van der Waals surface area contributed by atoms with E-state index in [4.69, 9.17) is 12.2 Å². The summed E-state index contributed by atoms with van der Waals surface area (Å²) in [5.74, 6) is 2.49. The minimum atomic E-state index is -0.241. The Balaban J connectivity index is 3.92. The highest BCUT2D eigenvalue weighted by Gasteiger charge is 2.17. The summed E-state index contributed by atoms with van der Waals surface area (Å²) in [6.07, 6.45) is 6.42. The molecule has 1 atom stereocenters. The van der Waals surface area contributed by atoms with Crippen molar-refractivity contribution in [3.63, 3.8) is 0 Å². The van der Waals surface area contributed by atoms with Crippen molar-refractivity contribution in [1.82, 2.24) is 0 Å². The zero-order chi connectivity index (χ0) is 8.85. The first-order valence-electron chi connectivity index (χ1n) is 3.82. The van der Waals surface area contributed by atoms with Gasteiger partial charge < -0.3 is 5.73 Å². The van der Waals surface area contributed by atoms with Gasteiger partial charge in [-0.3, -0.25) is 4.79 Å². The lowest BCUT2D eigenvalue weighted by Gasteiger charge is -2.14. The largest absolute Gasteiger partial charge is 0.369 e. The van der Waals surface area contributed by atoms with E-state index in [0.29, 0.717) is 18.8 Å². The van der Waals surface area contributed by atoms with E-state index in [-0.39, 0.29) is 11.8 Å². The first kappa shape index (κ1) is 10.0. The molecule has 0 aliphatic heterocycles. The van der Waals surface area contributed by atoms with E-state index in [1.807, 2.05) is 13.8 Å². The number of nitrogens with two attached hydrogens (primary N) is 1. The average molecular weight is 153 g/mol. The summed E-state index contributed by atoms with van der Waals surface area (Å²) >= 11 is 0. The third kappa shape index (κ3) is 3.67. The molecule has 0 aliphatic carbocycles. The predicted octanol–water partition coefficient (Wildman–Crippen LogP) is 1.16. The van der Waals surface area contributed by atoms with Crippen LogP contribution < -0.4 is 5.73 Å². The maximum atomic E-state index is 10.8. The zero-order valence-corrected chi connectivity index (χ0v) is 7.13. The van der Waals surface area contributed by atoms with Crippen molar-refractivity contribution >= 4 is 5.91 Å². The SMILES string of the molecule is C#CCCC(C(N)=O)C(C)C. The fourth-order valence-electron chi connectivity index (χ4n) is 1.04. The quantitative estimate of drug-likeness (QED) is 0.605. The molecule has 2 nitrogen and oxygen atoms in total. The van der Waals surface area contributed by atoms with Crippen molar-refractivity contribution in [2.24, 2.45) is 17.6 Å². The molecular formula is C9H15NO. The molecule has 2 N–H and O–H groups in total. The molecule has 0 saturated carbocycles. The molecule has 62 valence electrons. The molecule has 0 bridgehead atoms. The summed E-state index contributed by atoms with van der Waals surface area (Å²) in [6, 6.07) is 0. The van der Waals surface area contributed by atoms with Crippen LogP contribution in [0.2, 0.25) is 0 Å². The fraction of sp³-hybridized carbons (Fsp3) is 0.667. The summed E-state index contributed by atoms with van der Waals surface area (Å²) in [5.41, 5.74) is 5.17. The van der Waals surface area contributed by atoms with Crippen LogP contribution in [0, 0.1) is 24.2 Å². The third-order valence-electron chi connectivity index (χ3n) is 1.77. The number of hydrogen-bond acceptors (Lipinski definition) is 1. The third-order valence-corrected chi connectivity index (χ3v) is 1.77. The molecule has 0 radical (unpaired) electrons. The van der Waals surface area contributed by atoms with Gasteiger partial charge in [0.15, 0.2) is 0 Å². The van der Waals surface area contributed by atoms with E-state index in [9.17, 15) is 4.79 Å². The van der Waals surface area contributed by atoms with Crippen molar-refractivity contribution in [1.29, 1.82) is 0 Å². The Bertz CT molecular complexity index is 167. The summed E-state index contributed by atoms with van der Waals surface area (Å²) in [7, 11) is 0. The summed E-state index contributed by atoms with van der Waals surface area (Å²) in [5, 5.41) is 0. The van der Waals surface area contributed by atoms with Crippen LogP contribution in [0.15, 0.2) is 0 Å². The molecule has 0 aliphatic rings. The normalized spacial score (nSPS) is 12.5. The minimum Gasteiger partial charge on any atom is -0.369 e. The topological polar surface area (TPSA) is 43.1 Å². The Morgan fingerprint density at radius 3 is 2.45 bits per heavy atom. The van der Waals surface area contributed by atoms with E-state index in [0.717, 1.165) is 0 Å². The summed E-state index contributed by atoms with van der Waals surface area (Å²) < 4.78 is 0. The predicted molar refractivity (Wildman–Crippen MR) is 45.6 cm³/mol. The number of amides is 1. The van der Waals surface area contributed by atoms with E-state index < -0.39 is 0 Å². The number of carbonyl (C=O) groups excluding carboxylic acids is 1. The Morgan fingerprint density at radius 2 is 2.18 bits per heavy atom. The van der Waals surface area contributed by atoms with Crippen molar-refractivity contribution in [3.05, 3.63) is 0 Å². The summed E-state index contributed by atoms with van der Waals surface area (Å²) in [4.78, 5) is 10.8. The van der Waals surface area contributed by atoms with Crippen LogP contribution in [0.1, 0.15) is 26.7 Å². The van der Waals surface area contributed by atoms with Gasteiger partial charge in [0.1, 0.15) is 0 Å². The van der Waals surface area contributed by atoms with E-state index in [1.54, 1.807) is 0 Å². The van der Waals surface area contributed by atoms with Gasteiger partial charge in [-0.2, -0.15) is 0 Å². The Morgan fingerprint density at radius 1 is 1.64 bits per heavy atom. The molecule has 0 heterocycles. The lowest BCUT2D eigenvalue weighted by Crippen LogP contribution is -2.27. The van der Waals surface area contributed by atoms with Crippen LogP contribution in [-0.4, -0.2) is 5.91 Å². The Labute approximate surface area is 68.2 Å². The maximum Gasteiger partial charge on any atom is 0.220 e. The number of primary amides is 1. The number of terminal acetylenes is 1. The second-order valence-electron chi connectivity index (χ2n) is 3.00. The van der Waals surface area contributed by atoms with E-state index in [1.165, 1.54) is 0 Å². The second-order valence-corrected chi connectivity index (χ2v) is 3.00. The molecule has 2 heteroatoms. The number of hydrogen-bond donors (Lipinski definition) is 1. The van der Waals surface area contributed by atoms with E-state index >= 15 is 0 Å². The van der Waals surface area contributed by atoms with Gasteiger partial charge in [-0.15, -0.1) is 12.3 Å². The van der Waals surface area contributed by atoms with Gasteiger partial charge in [0, 0.05) is 12.3 Å². The van der Waals surface area contributed by atoms with Gasteiger partial charge in [0.2, 0.25) is 5.91 Å². The molecular weight excluding hydrogens is 138 g/mol. The zero-order valence-electron chi connectivity index (χ0n) is 7.13. The van der Waals surface area contributed by atoms with Gasteiger partial charge in [0.05, 0.1) is 0 Å². The molecule has 0 fully saturated rings. The number of carbonyl (C=O) groups is 1. The van der Waals surface area contributed by atoms with Gasteiger partial charge in [-0.25, -0.2) is 0 Å². The van der Waals surface area contributed by atoms with Crippen LogP contribution in [0.5, 0.6) is 0 Å². The van der Waals surface area contributed by atoms with Gasteiger partial charge in [-0.1, -0.05) is 13.8 Å². The van der Waals surface area contributed by atoms with E-state index in [2.05, 4.69) is 5.92 Å². The van der Waals surface area contributed by atoms with Gasteiger partial charge >= 0.3 is 0 Å². The van der Waals surface area contributed by atoms with Crippen molar-refractivity contribution < 1.29 is 4.79 Å². The molecule has 1 unspecified atom stereocenters. The van der Waals surface area contributed by atoms with Crippen LogP contribution in [0.25, 0.3) is 0 Å². The Hall–Kier alpha value is -0.970. The van der Waals surface area contributed by atoms with Crippen LogP contribution >= 0.6 is 0 Å². The van der Waals surface area contributed by atoms with Gasteiger partial charge in [0.25, 0.3) is 0 Å². The van der Waals surface area contributed by atoms with Crippen LogP contribution in [-0.2, 0) is 4.79 Å². The van der Waals surface area contributed by atoms with Crippen molar-refractivity contribution in [2.75, 3.05) is 0 Å². The molecule has 0 rings (SSSR count). The second kappa shape index (κ2) is 4.79. The van der Waals surface area contributed by atoms with Crippen molar-refractivity contribution in [2.45, 2.75) is 26.7 Å². The smallest absolute Gasteiger partial charge is 0.220 e.